The van der Waals surface area contributed by atoms with E-state index in [-0.39, 0.29) is 30.4 Å². The number of fused-ring (bicyclic) bond motifs is 1. The van der Waals surface area contributed by atoms with Crippen molar-refractivity contribution in [2.24, 2.45) is 0 Å². The van der Waals surface area contributed by atoms with E-state index in [9.17, 15) is 9.59 Å². The Hall–Kier alpha value is -3.03. The lowest BCUT2D eigenvalue weighted by atomic mass is 9.93. The molecule has 8 heteroatoms. The molecule has 0 radical (unpaired) electrons. The summed E-state index contributed by atoms with van der Waals surface area (Å²) in [5.74, 6) is 0.837. The largest absolute Gasteiger partial charge is 0.497 e. The number of halogens is 1. The highest BCUT2D eigenvalue weighted by Gasteiger charge is 2.38. The van der Waals surface area contributed by atoms with Gasteiger partial charge in [0.25, 0.3) is 5.91 Å². The van der Waals surface area contributed by atoms with Crippen molar-refractivity contribution in [1.29, 1.82) is 0 Å². The normalized spacial score (nSPS) is 17.0. The van der Waals surface area contributed by atoms with Gasteiger partial charge in [-0.15, -0.1) is 11.3 Å². The number of hydrogen-bond donors (Lipinski definition) is 0. The number of benzene rings is 2. The first-order valence-corrected chi connectivity index (χ1v) is 12.9. The molecule has 1 aromatic heterocycles. The fraction of sp³-hybridized carbons (Fsp3) is 0.333. The average Bonchev–Trinajstić information content (AvgIpc) is 3.62. The minimum atomic E-state index is -0.192. The summed E-state index contributed by atoms with van der Waals surface area (Å²) in [4.78, 5) is 32.2. The number of methoxy groups -OCH3 is 2. The van der Waals surface area contributed by atoms with Crippen LogP contribution in [0.25, 0.3) is 0 Å². The van der Waals surface area contributed by atoms with Crippen molar-refractivity contribution < 1.29 is 19.1 Å². The summed E-state index contributed by atoms with van der Waals surface area (Å²) in [6.45, 7) is 0.645. The molecule has 0 saturated heterocycles. The lowest BCUT2D eigenvalue weighted by molar-refractivity contribution is -0.134. The van der Waals surface area contributed by atoms with Crippen LogP contribution < -0.4 is 9.47 Å². The molecule has 1 saturated carbocycles. The molecule has 2 aromatic carbocycles. The van der Waals surface area contributed by atoms with Gasteiger partial charge in [-0.1, -0.05) is 23.7 Å². The molecule has 1 fully saturated rings. The molecule has 0 bridgehead atoms. The first-order valence-electron chi connectivity index (χ1n) is 11.6. The summed E-state index contributed by atoms with van der Waals surface area (Å²) in [5, 5.41) is 2.74. The van der Waals surface area contributed by atoms with E-state index in [4.69, 9.17) is 21.1 Å². The summed E-state index contributed by atoms with van der Waals surface area (Å²) in [6.07, 6.45) is 2.61. The number of ether oxygens (including phenoxy) is 2. The van der Waals surface area contributed by atoms with E-state index < -0.39 is 0 Å². The van der Waals surface area contributed by atoms with Gasteiger partial charge in [0.1, 0.15) is 18.0 Å². The maximum Gasteiger partial charge on any atom is 0.254 e. The van der Waals surface area contributed by atoms with Gasteiger partial charge in [-0.3, -0.25) is 9.59 Å². The maximum atomic E-state index is 13.8. The van der Waals surface area contributed by atoms with Crippen LogP contribution in [0.15, 0.2) is 53.9 Å². The highest BCUT2D eigenvalue weighted by molar-refractivity contribution is 7.10. The van der Waals surface area contributed by atoms with Crippen molar-refractivity contribution >= 4 is 34.8 Å². The number of nitrogens with zero attached hydrogens (tertiary/aromatic N) is 2. The second-order valence-corrected chi connectivity index (χ2v) is 10.3. The van der Waals surface area contributed by atoms with Crippen LogP contribution in [0, 0.1) is 0 Å². The third-order valence-electron chi connectivity index (χ3n) is 6.62. The smallest absolute Gasteiger partial charge is 0.254 e. The topological polar surface area (TPSA) is 59.1 Å². The van der Waals surface area contributed by atoms with E-state index in [2.05, 4.69) is 11.4 Å². The number of rotatable bonds is 7. The molecular formula is C27H27ClN2O4S. The molecule has 182 valence electrons. The second-order valence-electron chi connectivity index (χ2n) is 8.86. The molecule has 6 nitrogen and oxygen atoms in total. The van der Waals surface area contributed by atoms with Gasteiger partial charge in [0.2, 0.25) is 5.91 Å². The van der Waals surface area contributed by atoms with Gasteiger partial charge in [0, 0.05) is 34.1 Å². The number of carbonyl (C=O) groups is 2. The molecule has 2 amide bonds. The van der Waals surface area contributed by atoms with E-state index in [1.807, 2.05) is 29.2 Å². The molecule has 3 aromatic rings. The molecule has 1 aliphatic carbocycles. The predicted molar refractivity (Wildman–Crippen MR) is 137 cm³/mol. The number of thiophene rings is 1. The summed E-state index contributed by atoms with van der Waals surface area (Å²) >= 11 is 7.86. The van der Waals surface area contributed by atoms with Gasteiger partial charge in [0.15, 0.2) is 0 Å². The summed E-state index contributed by atoms with van der Waals surface area (Å²) < 4.78 is 10.7. The minimum Gasteiger partial charge on any atom is -0.497 e. The first kappa shape index (κ1) is 23.7. The SMILES string of the molecule is COc1cc(OC)cc(C(=O)N(CC(=O)N2CCc3sccc3[C@@H]2c2ccc(Cl)cc2)C2CC2)c1. The molecule has 1 aliphatic heterocycles. The van der Waals surface area contributed by atoms with Crippen molar-refractivity contribution in [1.82, 2.24) is 9.80 Å². The Morgan fingerprint density at radius 3 is 2.37 bits per heavy atom. The van der Waals surface area contributed by atoms with Crippen LogP contribution >= 0.6 is 22.9 Å². The number of carbonyl (C=O) groups excluding carboxylic acids is 2. The fourth-order valence-electron chi connectivity index (χ4n) is 4.68. The van der Waals surface area contributed by atoms with Crippen LogP contribution in [0.5, 0.6) is 11.5 Å². The van der Waals surface area contributed by atoms with Crippen molar-refractivity contribution in [3.63, 3.8) is 0 Å². The van der Waals surface area contributed by atoms with Crippen molar-refractivity contribution in [3.8, 4) is 11.5 Å². The zero-order valence-electron chi connectivity index (χ0n) is 19.7. The van der Waals surface area contributed by atoms with Crippen LogP contribution in [-0.2, 0) is 11.2 Å². The van der Waals surface area contributed by atoms with E-state index >= 15 is 0 Å². The average molecular weight is 511 g/mol. The molecule has 2 aliphatic rings. The molecular weight excluding hydrogens is 484 g/mol. The Balaban J connectivity index is 1.43. The van der Waals surface area contributed by atoms with Gasteiger partial charge < -0.3 is 19.3 Å². The van der Waals surface area contributed by atoms with E-state index in [1.165, 1.54) is 4.88 Å². The van der Waals surface area contributed by atoms with E-state index in [1.54, 1.807) is 48.7 Å². The molecule has 1 atom stereocenters. The third kappa shape index (κ3) is 4.88. The van der Waals surface area contributed by atoms with Gasteiger partial charge >= 0.3 is 0 Å². The van der Waals surface area contributed by atoms with Crippen LogP contribution in [-0.4, -0.2) is 55.0 Å². The minimum absolute atomic E-state index is 0.0343. The predicted octanol–water partition coefficient (Wildman–Crippen LogP) is 5.20. The first-order chi connectivity index (χ1) is 17.0. The highest BCUT2D eigenvalue weighted by atomic mass is 35.5. The molecule has 0 spiro atoms. The van der Waals surface area contributed by atoms with Gasteiger partial charge in [-0.2, -0.15) is 0 Å². The second kappa shape index (κ2) is 9.91. The molecule has 35 heavy (non-hydrogen) atoms. The Morgan fingerprint density at radius 1 is 1.06 bits per heavy atom. The Bertz CT molecular complexity index is 1220. The van der Waals surface area contributed by atoms with Gasteiger partial charge in [-0.05, 0) is 66.1 Å². The maximum absolute atomic E-state index is 13.8. The summed E-state index contributed by atoms with van der Waals surface area (Å²) in [5.41, 5.74) is 2.62. The molecule has 5 rings (SSSR count). The molecule has 2 heterocycles. The monoisotopic (exact) mass is 510 g/mol. The Labute approximate surface area is 214 Å². The zero-order chi connectivity index (χ0) is 24.5. The van der Waals surface area contributed by atoms with E-state index in [0.29, 0.717) is 28.6 Å². The standard InChI is InChI=1S/C27H27ClN2O4S/c1-33-21-13-18(14-22(15-21)34-2)27(32)30(20-7-8-20)16-25(31)29-11-9-24-23(10-12-35-24)26(29)17-3-5-19(28)6-4-17/h3-6,10,12-15,20,26H,7-9,11,16H2,1-2H3/t26-/m0/s1. The lowest BCUT2D eigenvalue weighted by Gasteiger charge is -2.37. The zero-order valence-corrected chi connectivity index (χ0v) is 21.3. The van der Waals surface area contributed by atoms with Gasteiger partial charge in [0.05, 0.1) is 20.3 Å². The Kier molecular flexibility index (Phi) is 6.71. The fourth-order valence-corrected chi connectivity index (χ4v) is 5.71. The third-order valence-corrected chi connectivity index (χ3v) is 7.87. The van der Waals surface area contributed by atoms with Crippen molar-refractivity contribution in [2.75, 3.05) is 27.3 Å². The Morgan fingerprint density at radius 2 is 1.74 bits per heavy atom. The van der Waals surface area contributed by atoms with Crippen molar-refractivity contribution in [3.05, 3.63) is 80.5 Å². The number of amides is 2. The van der Waals surface area contributed by atoms with Gasteiger partial charge in [-0.25, -0.2) is 0 Å². The number of hydrogen-bond acceptors (Lipinski definition) is 5. The highest BCUT2D eigenvalue weighted by Crippen LogP contribution is 2.39. The molecule has 0 unspecified atom stereocenters. The summed E-state index contributed by atoms with van der Waals surface area (Å²) in [7, 11) is 3.11. The quantitative estimate of drug-likeness (QED) is 0.438. The van der Waals surface area contributed by atoms with Crippen LogP contribution in [0.4, 0.5) is 0 Å². The van der Waals surface area contributed by atoms with Crippen molar-refractivity contribution in [2.45, 2.75) is 31.3 Å². The molecule has 0 N–H and O–H groups in total. The lowest BCUT2D eigenvalue weighted by Crippen LogP contribution is -2.47. The van der Waals surface area contributed by atoms with Crippen LogP contribution in [0.2, 0.25) is 5.02 Å². The van der Waals surface area contributed by atoms with Crippen LogP contribution in [0.1, 0.15) is 45.2 Å². The van der Waals surface area contributed by atoms with E-state index in [0.717, 1.165) is 30.4 Å². The van der Waals surface area contributed by atoms with Crippen LogP contribution in [0.3, 0.4) is 0 Å². The summed E-state index contributed by atoms with van der Waals surface area (Å²) in [6, 6.07) is 14.8.